The first kappa shape index (κ1) is 12.4. The summed E-state index contributed by atoms with van der Waals surface area (Å²) >= 11 is 5.76. The predicted octanol–water partition coefficient (Wildman–Crippen LogP) is 2.78. The highest BCUT2D eigenvalue weighted by Gasteiger charge is 2.30. The molecule has 0 bridgehead atoms. The van der Waals surface area contributed by atoms with Crippen molar-refractivity contribution in [2.24, 2.45) is 0 Å². The average molecular weight is 287 g/mol. The Morgan fingerprint density at radius 2 is 2.21 bits per heavy atom. The van der Waals surface area contributed by atoms with E-state index in [1.54, 1.807) is 0 Å². The van der Waals surface area contributed by atoms with Gasteiger partial charge in [0.2, 0.25) is 0 Å². The van der Waals surface area contributed by atoms with Crippen molar-refractivity contribution in [2.75, 3.05) is 0 Å². The second-order valence-corrected chi connectivity index (χ2v) is 4.45. The van der Waals surface area contributed by atoms with Gasteiger partial charge < -0.3 is 4.74 Å². The SMILES string of the molecule is CC[C@H]1C=C(F)[C@@H](n2cnc3c(Cl)nc(F)nc32)O1. The molecule has 100 valence electrons. The average Bonchev–Trinajstić information content (AvgIpc) is 2.92. The maximum absolute atomic E-state index is 13.8. The van der Waals surface area contributed by atoms with Crippen LogP contribution in [0.1, 0.15) is 19.6 Å². The van der Waals surface area contributed by atoms with Crippen LogP contribution in [-0.2, 0) is 4.74 Å². The first-order chi connectivity index (χ1) is 9.10. The Labute approximate surface area is 111 Å². The predicted molar refractivity (Wildman–Crippen MR) is 63.7 cm³/mol. The van der Waals surface area contributed by atoms with Crippen LogP contribution in [0.5, 0.6) is 0 Å². The van der Waals surface area contributed by atoms with Crippen molar-refractivity contribution < 1.29 is 13.5 Å². The highest BCUT2D eigenvalue weighted by atomic mass is 35.5. The number of hydrogen-bond donors (Lipinski definition) is 0. The highest BCUT2D eigenvalue weighted by Crippen LogP contribution is 2.33. The molecule has 1 aliphatic rings. The normalized spacial score (nSPS) is 23.1. The summed E-state index contributed by atoms with van der Waals surface area (Å²) in [5.74, 6) is -0.457. The summed E-state index contributed by atoms with van der Waals surface area (Å²) < 4.78 is 33.8. The number of halogens is 3. The fourth-order valence-corrected chi connectivity index (χ4v) is 2.17. The van der Waals surface area contributed by atoms with Gasteiger partial charge in [0.15, 0.2) is 17.0 Å². The number of imidazole rings is 1. The van der Waals surface area contributed by atoms with Crippen molar-refractivity contribution in [1.82, 2.24) is 19.5 Å². The largest absolute Gasteiger partial charge is 0.344 e. The molecule has 1 aliphatic heterocycles. The maximum Gasteiger partial charge on any atom is 0.312 e. The molecule has 0 aliphatic carbocycles. The molecule has 0 N–H and O–H groups in total. The number of hydrogen-bond acceptors (Lipinski definition) is 4. The van der Waals surface area contributed by atoms with E-state index >= 15 is 0 Å². The zero-order valence-electron chi connectivity index (χ0n) is 9.85. The van der Waals surface area contributed by atoms with Gasteiger partial charge in [-0.25, -0.2) is 9.37 Å². The van der Waals surface area contributed by atoms with Gasteiger partial charge in [-0.1, -0.05) is 18.5 Å². The molecular formula is C11H9ClF2N4O. The van der Waals surface area contributed by atoms with Gasteiger partial charge in [0.25, 0.3) is 0 Å². The van der Waals surface area contributed by atoms with Crippen molar-refractivity contribution in [3.63, 3.8) is 0 Å². The molecule has 0 fully saturated rings. The van der Waals surface area contributed by atoms with Crippen LogP contribution in [0.25, 0.3) is 11.2 Å². The zero-order valence-corrected chi connectivity index (χ0v) is 10.6. The Hall–Kier alpha value is -1.60. The third-order valence-electron chi connectivity index (χ3n) is 2.89. The lowest BCUT2D eigenvalue weighted by Crippen LogP contribution is -2.13. The second kappa shape index (κ2) is 4.50. The zero-order chi connectivity index (χ0) is 13.6. The van der Waals surface area contributed by atoms with E-state index in [9.17, 15) is 8.78 Å². The molecule has 0 spiro atoms. The molecule has 0 saturated heterocycles. The van der Waals surface area contributed by atoms with Crippen molar-refractivity contribution in [3.8, 4) is 0 Å². The molecule has 0 aromatic carbocycles. The molecule has 0 unspecified atom stereocenters. The highest BCUT2D eigenvalue weighted by molar-refractivity contribution is 6.33. The van der Waals surface area contributed by atoms with Crippen LogP contribution in [0, 0.1) is 6.08 Å². The number of ether oxygens (including phenoxy) is 1. The van der Waals surface area contributed by atoms with E-state index in [0.29, 0.717) is 6.42 Å². The Kier molecular flexibility index (Phi) is 2.94. The number of rotatable bonds is 2. The molecule has 0 amide bonds. The first-order valence-electron chi connectivity index (χ1n) is 5.68. The second-order valence-electron chi connectivity index (χ2n) is 4.09. The third-order valence-corrected chi connectivity index (χ3v) is 3.15. The number of aromatic nitrogens is 4. The van der Waals surface area contributed by atoms with Gasteiger partial charge in [-0.05, 0) is 12.5 Å². The van der Waals surface area contributed by atoms with Crippen molar-refractivity contribution >= 4 is 22.8 Å². The van der Waals surface area contributed by atoms with Crippen LogP contribution in [0.15, 0.2) is 18.2 Å². The van der Waals surface area contributed by atoms with Crippen LogP contribution in [0.2, 0.25) is 5.15 Å². The Morgan fingerprint density at radius 1 is 1.42 bits per heavy atom. The third kappa shape index (κ3) is 1.98. The summed E-state index contributed by atoms with van der Waals surface area (Å²) in [7, 11) is 0. The lowest BCUT2D eigenvalue weighted by atomic mass is 10.3. The minimum Gasteiger partial charge on any atom is -0.344 e. The maximum atomic E-state index is 13.8. The van der Waals surface area contributed by atoms with Crippen LogP contribution < -0.4 is 0 Å². The summed E-state index contributed by atoms with van der Waals surface area (Å²) in [6.45, 7) is 1.88. The number of nitrogens with zero attached hydrogens (tertiary/aromatic N) is 4. The Bertz CT molecular complexity index is 672. The Morgan fingerprint density at radius 3 is 2.89 bits per heavy atom. The quantitative estimate of drug-likeness (QED) is 0.629. The van der Waals surface area contributed by atoms with Crippen LogP contribution >= 0.6 is 11.6 Å². The summed E-state index contributed by atoms with van der Waals surface area (Å²) in [4.78, 5) is 10.9. The van der Waals surface area contributed by atoms with E-state index in [-0.39, 0.29) is 22.4 Å². The summed E-state index contributed by atoms with van der Waals surface area (Å²) in [5, 5.41) is -0.115. The minimum absolute atomic E-state index is 0.0998. The topological polar surface area (TPSA) is 52.8 Å². The monoisotopic (exact) mass is 286 g/mol. The van der Waals surface area contributed by atoms with E-state index in [1.165, 1.54) is 17.0 Å². The molecular weight excluding hydrogens is 278 g/mol. The molecule has 2 atom stereocenters. The van der Waals surface area contributed by atoms with Gasteiger partial charge in [0.1, 0.15) is 11.3 Å². The lowest BCUT2D eigenvalue weighted by molar-refractivity contribution is 0.00479. The summed E-state index contributed by atoms with van der Waals surface area (Å²) in [5.41, 5.74) is 0.308. The molecule has 3 heterocycles. The lowest BCUT2D eigenvalue weighted by Gasteiger charge is -2.14. The van der Waals surface area contributed by atoms with Crippen molar-refractivity contribution in [1.29, 1.82) is 0 Å². The Balaban J connectivity index is 2.10. The van der Waals surface area contributed by atoms with Crippen LogP contribution in [0.4, 0.5) is 8.78 Å². The van der Waals surface area contributed by atoms with Gasteiger partial charge >= 0.3 is 6.08 Å². The number of fused-ring (bicyclic) bond motifs is 1. The first-order valence-corrected chi connectivity index (χ1v) is 6.06. The molecule has 0 radical (unpaired) electrons. The molecule has 0 saturated carbocycles. The fraction of sp³-hybridized carbons (Fsp3) is 0.364. The summed E-state index contributed by atoms with van der Waals surface area (Å²) in [6.07, 6.45) is 1.04. The molecule has 8 heteroatoms. The fourth-order valence-electron chi connectivity index (χ4n) is 1.97. The molecule has 5 nitrogen and oxygen atoms in total. The van der Waals surface area contributed by atoms with Crippen molar-refractivity contribution in [3.05, 3.63) is 29.5 Å². The summed E-state index contributed by atoms with van der Waals surface area (Å²) in [6, 6.07) is 0. The van der Waals surface area contributed by atoms with E-state index in [1.807, 2.05) is 6.92 Å². The van der Waals surface area contributed by atoms with Crippen LogP contribution in [0.3, 0.4) is 0 Å². The van der Waals surface area contributed by atoms with Gasteiger partial charge in [-0.2, -0.15) is 14.4 Å². The van der Waals surface area contributed by atoms with Gasteiger partial charge in [-0.3, -0.25) is 4.57 Å². The van der Waals surface area contributed by atoms with Crippen LogP contribution in [-0.4, -0.2) is 25.6 Å². The van der Waals surface area contributed by atoms with Crippen molar-refractivity contribution in [2.45, 2.75) is 25.7 Å². The van der Waals surface area contributed by atoms with E-state index in [4.69, 9.17) is 16.3 Å². The van der Waals surface area contributed by atoms with Gasteiger partial charge in [0, 0.05) is 0 Å². The van der Waals surface area contributed by atoms with E-state index < -0.39 is 18.1 Å². The van der Waals surface area contributed by atoms with Gasteiger partial charge in [-0.15, -0.1) is 0 Å². The van der Waals surface area contributed by atoms with E-state index in [0.717, 1.165) is 0 Å². The minimum atomic E-state index is -0.992. The van der Waals surface area contributed by atoms with E-state index in [2.05, 4.69) is 15.0 Å². The van der Waals surface area contributed by atoms with Gasteiger partial charge in [0.05, 0.1) is 12.4 Å². The smallest absolute Gasteiger partial charge is 0.312 e. The molecule has 2 aromatic heterocycles. The molecule has 19 heavy (non-hydrogen) atoms. The standard InChI is InChI=1S/C11H9ClF2N4O/c1-2-5-3-6(13)10(19-5)18-4-15-7-8(12)16-11(14)17-9(7)18/h3-5,10H,2H2,1H3/t5-,10-/m0/s1. The molecule has 2 aromatic rings. The molecule has 3 rings (SSSR count).